The predicted octanol–water partition coefficient (Wildman–Crippen LogP) is -0.349. The lowest BCUT2D eigenvalue weighted by Crippen LogP contribution is -2.12. The zero-order valence-corrected chi connectivity index (χ0v) is 6.30. The number of nitrogens with two attached hydrogens (primary N) is 1. The summed E-state index contributed by atoms with van der Waals surface area (Å²) in [6, 6.07) is 2.99. The largest absolute Gasteiger partial charge is 0.398 e. The highest BCUT2D eigenvalue weighted by atomic mass is 32.4. The minimum absolute atomic E-state index is 0.934. The van der Waals surface area contributed by atoms with Crippen molar-refractivity contribution in [1.82, 2.24) is 0 Å². The molecule has 0 fully saturated rings. The third-order valence-corrected chi connectivity index (χ3v) is 6.53. The second-order valence-corrected chi connectivity index (χ2v) is 6.72. The minimum atomic E-state index is -1.06. The Bertz CT molecular complexity index is 383. The van der Waals surface area contributed by atoms with Crippen molar-refractivity contribution in [1.29, 1.82) is 0 Å². The van der Waals surface area contributed by atoms with Crippen LogP contribution >= 0.6 is 6.04 Å². The third kappa shape index (κ3) is 0.262. The lowest BCUT2D eigenvalue weighted by molar-refractivity contribution is 1.84. The lowest BCUT2D eigenvalue weighted by atomic mass is 10.3. The molecule has 0 amide bonds. The van der Waals surface area contributed by atoms with Gasteiger partial charge in [-0.1, -0.05) is 17.9 Å². The van der Waals surface area contributed by atoms with E-state index < -0.39 is 6.04 Å². The fourth-order valence-corrected chi connectivity index (χ4v) is 5.95. The Morgan fingerprint density at radius 3 is 2.33 bits per heavy atom. The lowest BCUT2D eigenvalue weighted by Gasteiger charge is -1.96. The van der Waals surface area contributed by atoms with Crippen molar-refractivity contribution in [2.75, 3.05) is 5.73 Å². The zero-order chi connectivity index (χ0) is 6.22. The maximum absolute atomic E-state index is 5.64. The quantitative estimate of drug-likeness (QED) is 0.353. The van der Waals surface area contributed by atoms with Crippen molar-refractivity contribution in [2.45, 2.75) is 0 Å². The van der Waals surface area contributed by atoms with E-state index in [4.69, 9.17) is 17.5 Å². The summed E-state index contributed by atoms with van der Waals surface area (Å²) >= 11 is 5.33. The highest BCUT2D eigenvalue weighted by Crippen LogP contribution is 2.67. The standard InChI is InChI=1S/C6H4NPS/c7-3-1-2-4-6-5(3)8(4,6)9/h1-2H,7H2. The van der Waals surface area contributed by atoms with Gasteiger partial charge in [-0.15, -0.1) is 0 Å². The van der Waals surface area contributed by atoms with Crippen LogP contribution in [0.4, 0.5) is 5.69 Å². The van der Waals surface area contributed by atoms with E-state index in [1.807, 2.05) is 6.07 Å². The van der Waals surface area contributed by atoms with Crippen LogP contribution in [0.2, 0.25) is 0 Å². The number of benzene rings is 1. The van der Waals surface area contributed by atoms with Crippen molar-refractivity contribution in [2.24, 2.45) is 0 Å². The van der Waals surface area contributed by atoms with Crippen LogP contribution in [0.1, 0.15) is 0 Å². The molecular weight excluding hydrogens is 149 g/mol. The first-order valence-corrected chi connectivity index (χ1v) is 5.60. The van der Waals surface area contributed by atoms with Crippen LogP contribution < -0.4 is 21.6 Å². The molecule has 0 aromatic heterocycles. The maximum Gasteiger partial charge on any atom is 0.0428 e. The van der Waals surface area contributed by atoms with Crippen molar-refractivity contribution in [3.05, 3.63) is 12.1 Å². The molecule has 1 unspecified atom stereocenters. The fourth-order valence-electron chi connectivity index (χ4n) is 1.42. The van der Waals surface area contributed by atoms with Gasteiger partial charge in [-0.05, 0) is 6.07 Å². The highest BCUT2D eigenvalue weighted by Gasteiger charge is 2.61. The molecule has 1 aromatic rings. The van der Waals surface area contributed by atoms with E-state index in [1.165, 1.54) is 15.9 Å². The van der Waals surface area contributed by atoms with Crippen LogP contribution in [0.5, 0.6) is 0 Å². The first-order chi connectivity index (χ1) is 4.26. The average Bonchev–Trinajstić information content (AvgIpc) is 2.57. The molecule has 3 aliphatic rings. The monoisotopic (exact) mass is 153 g/mol. The Hall–Kier alpha value is -0.330. The van der Waals surface area contributed by atoms with Gasteiger partial charge in [0, 0.05) is 27.6 Å². The second kappa shape index (κ2) is 0.882. The molecule has 0 aliphatic carbocycles. The van der Waals surface area contributed by atoms with Gasteiger partial charge in [0.05, 0.1) is 0 Å². The Labute approximate surface area is 57.9 Å². The molecule has 3 heteroatoms. The Balaban J connectivity index is 2.59. The Morgan fingerprint density at radius 2 is 2.00 bits per heavy atom. The molecule has 2 N–H and O–H groups in total. The molecular formula is C6H4NPS. The zero-order valence-electron chi connectivity index (χ0n) is 4.59. The van der Waals surface area contributed by atoms with Gasteiger partial charge >= 0.3 is 0 Å². The topological polar surface area (TPSA) is 26.0 Å². The SMILES string of the molecule is Nc1ccc2c3c1P23=S. The molecule has 0 saturated heterocycles. The first-order valence-electron chi connectivity index (χ1n) is 2.80. The molecule has 4 rings (SSSR count). The number of rotatable bonds is 0. The molecule has 3 aliphatic heterocycles. The van der Waals surface area contributed by atoms with Gasteiger partial charge in [0.2, 0.25) is 0 Å². The van der Waals surface area contributed by atoms with Crippen molar-refractivity contribution in [3.8, 4) is 0 Å². The predicted molar refractivity (Wildman–Crippen MR) is 44.0 cm³/mol. The van der Waals surface area contributed by atoms with E-state index in [0.717, 1.165) is 5.69 Å². The molecule has 0 saturated carbocycles. The third-order valence-electron chi connectivity index (χ3n) is 2.03. The summed E-state index contributed by atoms with van der Waals surface area (Å²) in [5.41, 5.74) is 6.58. The van der Waals surface area contributed by atoms with Crippen molar-refractivity contribution < 1.29 is 0 Å². The summed E-state index contributed by atoms with van der Waals surface area (Å²) in [6.45, 7) is 0. The molecule has 44 valence electrons. The van der Waals surface area contributed by atoms with Crippen molar-refractivity contribution in [3.63, 3.8) is 0 Å². The van der Waals surface area contributed by atoms with E-state index in [-0.39, 0.29) is 0 Å². The summed E-state index contributed by atoms with van der Waals surface area (Å²) in [6.07, 6.45) is 0. The Morgan fingerprint density at radius 1 is 1.33 bits per heavy atom. The van der Waals surface area contributed by atoms with E-state index in [0.29, 0.717) is 0 Å². The van der Waals surface area contributed by atoms with Crippen molar-refractivity contribution >= 4 is 39.4 Å². The van der Waals surface area contributed by atoms with Crippen LogP contribution in [0.25, 0.3) is 0 Å². The van der Waals surface area contributed by atoms with E-state index in [2.05, 4.69) is 6.07 Å². The number of hydrogen-bond acceptors (Lipinski definition) is 2. The van der Waals surface area contributed by atoms with Gasteiger partial charge in [0.15, 0.2) is 0 Å². The first kappa shape index (κ1) is 4.48. The Kier molecular flexibility index (Phi) is 0.439. The maximum atomic E-state index is 5.64. The smallest absolute Gasteiger partial charge is 0.0428 e. The molecule has 2 bridgehead atoms. The number of hydrogen-bond donors (Lipinski definition) is 1. The van der Waals surface area contributed by atoms with Crippen LogP contribution in [0.15, 0.2) is 12.1 Å². The highest BCUT2D eigenvalue weighted by molar-refractivity contribution is 8.38. The average molecular weight is 153 g/mol. The van der Waals surface area contributed by atoms with Crippen LogP contribution in [0.3, 0.4) is 0 Å². The second-order valence-electron chi connectivity index (χ2n) is 2.48. The molecule has 1 nitrogen and oxygen atoms in total. The number of anilines is 1. The van der Waals surface area contributed by atoms with Gasteiger partial charge in [0.1, 0.15) is 0 Å². The summed E-state index contributed by atoms with van der Waals surface area (Å²) in [7, 11) is 0. The van der Waals surface area contributed by atoms with Gasteiger partial charge in [0.25, 0.3) is 0 Å². The van der Waals surface area contributed by atoms with Gasteiger partial charge < -0.3 is 5.73 Å². The van der Waals surface area contributed by atoms with Crippen LogP contribution in [0, 0.1) is 0 Å². The van der Waals surface area contributed by atoms with E-state index in [9.17, 15) is 0 Å². The summed E-state index contributed by atoms with van der Waals surface area (Å²) in [4.78, 5) is 0. The number of nitrogen functional groups attached to an aromatic ring is 1. The molecule has 1 aromatic carbocycles. The van der Waals surface area contributed by atoms with Gasteiger partial charge in [-0.3, -0.25) is 0 Å². The van der Waals surface area contributed by atoms with E-state index in [1.54, 1.807) is 0 Å². The summed E-state index contributed by atoms with van der Waals surface area (Å²) in [5.74, 6) is 0. The summed E-state index contributed by atoms with van der Waals surface area (Å²) in [5, 5.41) is 4.24. The van der Waals surface area contributed by atoms with E-state index >= 15 is 0 Å². The molecule has 0 radical (unpaired) electrons. The molecule has 9 heavy (non-hydrogen) atoms. The van der Waals surface area contributed by atoms with Crippen LogP contribution in [-0.2, 0) is 11.8 Å². The minimum Gasteiger partial charge on any atom is -0.398 e. The molecule has 3 heterocycles. The van der Waals surface area contributed by atoms with Gasteiger partial charge in [-0.25, -0.2) is 0 Å². The fraction of sp³-hybridized carbons (Fsp3) is 0. The molecule has 1 atom stereocenters. The normalized spacial score (nSPS) is 31.6. The number of fused-ring (bicyclic) bond motifs is 2. The molecule has 0 spiro atoms. The summed E-state index contributed by atoms with van der Waals surface area (Å²) < 4.78 is 0. The van der Waals surface area contributed by atoms with Gasteiger partial charge in [-0.2, -0.15) is 0 Å². The van der Waals surface area contributed by atoms with Crippen LogP contribution in [-0.4, -0.2) is 0 Å².